The van der Waals surface area contributed by atoms with Crippen molar-refractivity contribution >= 4 is 0 Å². The number of benzene rings is 1. The summed E-state index contributed by atoms with van der Waals surface area (Å²) < 4.78 is 41.1. The summed E-state index contributed by atoms with van der Waals surface area (Å²) in [4.78, 5) is 0. The van der Waals surface area contributed by atoms with Crippen LogP contribution in [-0.2, 0) is 0 Å². The molecule has 1 rings (SSSR count). The van der Waals surface area contributed by atoms with Crippen molar-refractivity contribution in [2.45, 2.75) is 38.4 Å². The van der Waals surface area contributed by atoms with Crippen molar-refractivity contribution in [1.29, 1.82) is 0 Å². The van der Waals surface area contributed by atoms with Crippen molar-refractivity contribution in [2.24, 2.45) is 0 Å². The van der Waals surface area contributed by atoms with Gasteiger partial charge in [0.05, 0.1) is 6.61 Å². The summed E-state index contributed by atoms with van der Waals surface area (Å²) >= 11 is 0. The molecule has 0 aromatic heterocycles. The standard InChI is InChI=1S/C14H20F3NO/c1-3-13(18-2)11-5-7-12(8-6-11)19-10-4-9-14(15,16)17/h5-8,13,18H,3-4,9-10H2,1-2H3. The number of ether oxygens (including phenoxy) is 1. The van der Waals surface area contributed by atoms with E-state index in [2.05, 4.69) is 12.2 Å². The Morgan fingerprint density at radius 2 is 1.84 bits per heavy atom. The van der Waals surface area contributed by atoms with Crippen molar-refractivity contribution in [1.82, 2.24) is 5.32 Å². The molecule has 1 N–H and O–H groups in total. The third kappa shape index (κ3) is 5.96. The highest BCUT2D eigenvalue weighted by molar-refractivity contribution is 5.29. The second-order valence-electron chi connectivity index (χ2n) is 4.39. The molecule has 2 nitrogen and oxygen atoms in total. The summed E-state index contributed by atoms with van der Waals surface area (Å²) in [6.45, 7) is 2.17. The first kappa shape index (κ1) is 15.8. The molecule has 0 aliphatic rings. The quantitative estimate of drug-likeness (QED) is 0.757. The van der Waals surface area contributed by atoms with Crippen LogP contribution in [0.2, 0.25) is 0 Å². The van der Waals surface area contributed by atoms with E-state index in [1.165, 1.54) is 0 Å². The first-order valence-electron chi connectivity index (χ1n) is 6.43. The minimum atomic E-state index is -4.10. The average Bonchev–Trinajstić information content (AvgIpc) is 2.37. The van der Waals surface area contributed by atoms with Crippen LogP contribution in [0.3, 0.4) is 0 Å². The number of alkyl halides is 3. The molecule has 0 heterocycles. The fraction of sp³-hybridized carbons (Fsp3) is 0.571. The molecule has 0 bridgehead atoms. The Balaban J connectivity index is 2.40. The van der Waals surface area contributed by atoms with Gasteiger partial charge in [0, 0.05) is 12.5 Å². The summed E-state index contributed by atoms with van der Waals surface area (Å²) in [7, 11) is 1.90. The lowest BCUT2D eigenvalue weighted by Gasteiger charge is -2.15. The summed E-state index contributed by atoms with van der Waals surface area (Å²) in [6, 6.07) is 7.75. The monoisotopic (exact) mass is 275 g/mol. The Kier molecular flexibility index (Phi) is 6.15. The van der Waals surface area contributed by atoms with Crippen LogP contribution in [0.1, 0.15) is 37.8 Å². The molecule has 1 aromatic carbocycles. The van der Waals surface area contributed by atoms with Crippen LogP contribution in [0.4, 0.5) is 13.2 Å². The Morgan fingerprint density at radius 3 is 2.32 bits per heavy atom. The molecule has 1 unspecified atom stereocenters. The van der Waals surface area contributed by atoms with Gasteiger partial charge in [0.2, 0.25) is 0 Å². The molecule has 0 saturated heterocycles. The molecular formula is C14H20F3NO. The summed E-state index contributed by atoms with van der Waals surface area (Å²) in [5, 5.41) is 3.19. The van der Waals surface area contributed by atoms with Crippen LogP contribution < -0.4 is 10.1 Å². The van der Waals surface area contributed by atoms with Gasteiger partial charge in [-0.05, 0) is 37.6 Å². The molecule has 108 valence electrons. The highest BCUT2D eigenvalue weighted by Crippen LogP contribution is 2.22. The molecule has 1 aromatic rings. The molecule has 0 fully saturated rings. The average molecular weight is 275 g/mol. The highest BCUT2D eigenvalue weighted by atomic mass is 19.4. The number of nitrogens with one attached hydrogen (secondary N) is 1. The van der Waals surface area contributed by atoms with Gasteiger partial charge in [-0.15, -0.1) is 0 Å². The topological polar surface area (TPSA) is 21.3 Å². The molecule has 19 heavy (non-hydrogen) atoms. The van der Waals surface area contributed by atoms with E-state index >= 15 is 0 Å². The van der Waals surface area contributed by atoms with E-state index < -0.39 is 12.6 Å². The maximum atomic E-state index is 11.9. The second kappa shape index (κ2) is 7.38. The number of hydrogen-bond acceptors (Lipinski definition) is 2. The zero-order valence-corrected chi connectivity index (χ0v) is 11.3. The second-order valence-corrected chi connectivity index (χ2v) is 4.39. The van der Waals surface area contributed by atoms with Gasteiger partial charge in [-0.25, -0.2) is 0 Å². The highest BCUT2D eigenvalue weighted by Gasteiger charge is 2.26. The predicted molar refractivity (Wildman–Crippen MR) is 69.3 cm³/mol. The summed E-state index contributed by atoms with van der Waals surface area (Å²) in [5.41, 5.74) is 1.15. The SMILES string of the molecule is CCC(NC)c1ccc(OCCCC(F)(F)F)cc1. The maximum absolute atomic E-state index is 11.9. The van der Waals surface area contributed by atoms with E-state index in [0.717, 1.165) is 12.0 Å². The van der Waals surface area contributed by atoms with Gasteiger partial charge in [-0.1, -0.05) is 19.1 Å². The molecular weight excluding hydrogens is 255 g/mol. The third-order valence-electron chi connectivity index (χ3n) is 2.91. The first-order valence-corrected chi connectivity index (χ1v) is 6.43. The Bertz CT molecular complexity index is 358. The lowest BCUT2D eigenvalue weighted by molar-refractivity contribution is -0.136. The van der Waals surface area contributed by atoms with Gasteiger partial charge in [0.1, 0.15) is 5.75 Å². The molecule has 0 radical (unpaired) electrons. The van der Waals surface area contributed by atoms with Crippen LogP contribution in [0.5, 0.6) is 5.75 Å². The predicted octanol–water partition coefficient (Wildman–Crippen LogP) is 4.08. The minimum absolute atomic E-state index is 0.0145. The minimum Gasteiger partial charge on any atom is -0.494 e. The van der Waals surface area contributed by atoms with Crippen LogP contribution in [0, 0.1) is 0 Å². The summed E-state index contributed by atoms with van der Waals surface area (Å²) in [5.74, 6) is 0.608. The van der Waals surface area contributed by atoms with E-state index in [1.54, 1.807) is 12.1 Å². The molecule has 1 atom stereocenters. The van der Waals surface area contributed by atoms with E-state index in [0.29, 0.717) is 11.8 Å². The maximum Gasteiger partial charge on any atom is 0.389 e. The molecule has 5 heteroatoms. The number of hydrogen-bond donors (Lipinski definition) is 1. The zero-order chi connectivity index (χ0) is 14.3. The Labute approximate surface area is 112 Å². The van der Waals surface area contributed by atoms with Crippen LogP contribution in [0.15, 0.2) is 24.3 Å². The fourth-order valence-electron chi connectivity index (χ4n) is 1.87. The van der Waals surface area contributed by atoms with E-state index in [1.807, 2.05) is 19.2 Å². The third-order valence-corrected chi connectivity index (χ3v) is 2.91. The van der Waals surface area contributed by atoms with Crippen molar-refractivity contribution in [2.75, 3.05) is 13.7 Å². The largest absolute Gasteiger partial charge is 0.494 e. The Morgan fingerprint density at radius 1 is 1.21 bits per heavy atom. The fourth-order valence-corrected chi connectivity index (χ4v) is 1.87. The number of halogens is 3. The number of rotatable bonds is 7. The van der Waals surface area contributed by atoms with Gasteiger partial charge in [0.15, 0.2) is 0 Å². The van der Waals surface area contributed by atoms with E-state index in [-0.39, 0.29) is 13.0 Å². The van der Waals surface area contributed by atoms with Gasteiger partial charge in [-0.2, -0.15) is 13.2 Å². The molecule has 0 spiro atoms. The van der Waals surface area contributed by atoms with Gasteiger partial charge in [0.25, 0.3) is 0 Å². The van der Waals surface area contributed by atoms with E-state index in [9.17, 15) is 13.2 Å². The normalized spacial score (nSPS) is 13.3. The van der Waals surface area contributed by atoms with Crippen LogP contribution in [0.25, 0.3) is 0 Å². The van der Waals surface area contributed by atoms with Crippen molar-refractivity contribution < 1.29 is 17.9 Å². The van der Waals surface area contributed by atoms with Gasteiger partial charge < -0.3 is 10.1 Å². The Hall–Kier alpha value is -1.23. The van der Waals surface area contributed by atoms with Gasteiger partial charge >= 0.3 is 6.18 Å². The van der Waals surface area contributed by atoms with Crippen molar-refractivity contribution in [3.63, 3.8) is 0 Å². The van der Waals surface area contributed by atoms with Gasteiger partial charge in [-0.3, -0.25) is 0 Å². The van der Waals surface area contributed by atoms with Crippen LogP contribution >= 0.6 is 0 Å². The smallest absolute Gasteiger partial charge is 0.389 e. The first-order chi connectivity index (χ1) is 8.96. The molecule has 0 aliphatic heterocycles. The molecule has 0 saturated carbocycles. The summed E-state index contributed by atoms with van der Waals surface area (Å²) in [6.07, 6.45) is -3.95. The van der Waals surface area contributed by atoms with Crippen LogP contribution in [-0.4, -0.2) is 19.8 Å². The van der Waals surface area contributed by atoms with Crippen molar-refractivity contribution in [3.8, 4) is 5.75 Å². The van der Waals surface area contributed by atoms with E-state index in [4.69, 9.17) is 4.74 Å². The lowest BCUT2D eigenvalue weighted by Crippen LogP contribution is -2.15. The molecule has 0 aliphatic carbocycles. The molecule has 0 amide bonds. The zero-order valence-electron chi connectivity index (χ0n) is 11.3. The van der Waals surface area contributed by atoms with Crippen molar-refractivity contribution in [3.05, 3.63) is 29.8 Å². The lowest BCUT2D eigenvalue weighted by atomic mass is 10.0.